The van der Waals surface area contributed by atoms with Crippen LogP contribution < -0.4 is 10.3 Å². The molecule has 1 rings (SSSR count). The lowest BCUT2D eigenvalue weighted by atomic mass is 9.94. The van der Waals surface area contributed by atoms with Crippen LogP contribution in [0.5, 0.6) is 0 Å². The molecule has 0 bridgehead atoms. The van der Waals surface area contributed by atoms with Crippen molar-refractivity contribution < 1.29 is 23.9 Å². The first kappa shape index (κ1) is 21.0. The van der Waals surface area contributed by atoms with E-state index in [2.05, 4.69) is 20.7 Å². The second-order valence-electron chi connectivity index (χ2n) is 6.39. The second kappa shape index (κ2) is 9.47. The fraction of sp³-hybridized carbons (Fsp3) is 0.625. The first-order valence-corrected chi connectivity index (χ1v) is 8.60. The van der Waals surface area contributed by atoms with Crippen LogP contribution in [-0.2, 0) is 23.9 Å². The van der Waals surface area contributed by atoms with Gasteiger partial charge in [0.1, 0.15) is 0 Å². The van der Waals surface area contributed by atoms with Gasteiger partial charge < -0.3 is 15.0 Å². The normalized spacial score (nSPS) is 15.4. The van der Waals surface area contributed by atoms with Gasteiger partial charge in [0, 0.05) is 31.7 Å². The lowest BCUT2D eigenvalue weighted by Gasteiger charge is -2.26. The fourth-order valence-corrected chi connectivity index (χ4v) is 2.40. The smallest absolute Gasteiger partial charge is 0.253 e. The molecular formula is C16H24N3O5Si. The van der Waals surface area contributed by atoms with Gasteiger partial charge in [0.15, 0.2) is 10.4 Å². The van der Waals surface area contributed by atoms with Crippen LogP contribution in [0, 0.1) is 5.41 Å². The molecule has 1 aliphatic heterocycles. The van der Waals surface area contributed by atoms with Gasteiger partial charge in [-0.1, -0.05) is 6.92 Å². The van der Waals surface area contributed by atoms with E-state index in [9.17, 15) is 19.2 Å². The van der Waals surface area contributed by atoms with Crippen LogP contribution in [-0.4, -0.2) is 64.7 Å². The molecule has 25 heavy (non-hydrogen) atoms. The van der Waals surface area contributed by atoms with Crippen LogP contribution in [0.3, 0.4) is 0 Å². The maximum absolute atomic E-state index is 11.9. The Kier molecular flexibility index (Phi) is 7.97. The van der Waals surface area contributed by atoms with Crippen LogP contribution in [0.15, 0.2) is 12.2 Å². The van der Waals surface area contributed by atoms with E-state index in [1.807, 2.05) is 6.92 Å². The molecule has 2 N–H and O–H groups in total. The Bertz CT molecular complexity index is 544. The maximum atomic E-state index is 11.9. The highest BCUT2D eigenvalue weighted by Gasteiger charge is 2.28. The number of carbonyl (C=O) groups is 4. The Hall–Kier alpha value is -2.00. The number of rotatable bonds is 10. The van der Waals surface area contributed by atoms with E-state index < -0.39 is 17.2 Å². The molecule has 4 amide bonds. The summed E-state index contributed by atoms with van der Waals surface area (Å²) in [5.74, 6) is -1.28. The van der Waals surface area contributed by atoms with Crippen LogP contribution in [0.25, 0.3) is 0 Å². The molecule has 0 saturated carbocycles. The van der Waals surface area contributed by atoms with Crippen molar-refractivity contribution in [3.63, 3.8) is 0 Å². The van der Waals surface area contributed by atoms with Crippen molar-refractivity contribution in [1.29, 1.82) is 0 Å². The minimum Gasteiger partial charge on any atom is -0.383 e. The highest BCUT2D eigenvalue weighted by atomic mass is 28.2. The Labute approximate surface area is 150 Å². The van der Waals surface area contributed by atoms with E-state index in [0.717, 1.165) is 4.90 Å². The molecule has 0 saturated heterocycles. The van der Waals surface area contributed by atoms with Crippen molar-refractivity contribution in [1.82, 2.24) is 15.2 Å². The number of hydrogen-bond acceptors (Lipinski definition) is 5. The zero-order chi connectivity index (χ0) is 19.0. The van der Waals surface area contributed by atoms with E-state index in [1.54, 1.807) is 13.8 Å². The summed E-state index contributed by atoms with van der Waals surface area (Å²) in [7, 11) is 2.96. The lowest BCUT2D eigenvalue weighted by molar-refractivity contribution is -0.137. The monoisotopic (exact) mass is 366 g/mol. The molecule has 8 nitrogen and oxygen atoms in total. The number of amides is 4. The predicted octanol–water partition coefficient (Wildman–Crippen LogP) is -0.561. The largest absolute Gasteiger partial charge is 0.383 e. The third-order valence-electron chi connectivity index (χ3n) is 3.85. The molecule has 3 radical (unpaired) electrons. The van der Waals surface area contributed by atoms with Gasteiger partial charge in [-0.05, 0) is 20.3 Å². The summed E-state index contributed by atoms with van der Waals surface area (Å²) in [6, 6.07) is 0. The Morgan fingerprint density at radius 1 is 1.28 bits per heavy atom. The minimum absolute atomic E-state index is 0.0346. The molecule has 0 aliphatic carbocycles. The van der Waals surface area contributed by atoms with Crippen molar-refractivity contribution in [2.24, 2.45) is 5.41 Å². The van der Waals surface area contributed by atoms with Crippen LogP contribution in [0.1, 0.15) is 33.6 Å². The zero-order valence-corrected chi connectivity index (χ0v) is 15.8. The number of nitrogens with one attached hydrogen (secondary N) is 2. The van der Waals surface area contributed by atoms with Gasteiger partial charge in [-0.15, -0.1) is 0 Å². The Morgan fingerprint density at radius 2 is 1.88 bits per heavy atom. The van der Waals surface area contributed by atoms with Crippen molar-refractivity contribution in [3.8, 4) is 0 Å². The van der Waals surface area contributed by atoms with Gasteiger partial charge in [0.25, 0.3) is 11.8 Å². The lowest BCUT2D eigenvalue weighted by Crippen LogP contribution is -2.42. The molecule has 1 atom stereocenters. The predicted molar refractivity (Wildman–Crippen MR) is 91.2 cm³/mol. The van der Waals surface area contributed by atoms with Crippen LogP contribution >= 0.6 is 0 Å². The van der Waals surface area contributed by atoms with Crippen molar-refractivity contribution in [2.45, 2.75) is 39.7 Å². The number of nitrogens with zero attached hydrogens (tertiary/aromatic N) is 1. The van der Waals surface area contributed by atoms with E-state index in [1.165, 1.54) is 12.2 Å². The van der Waals surface area contributed by atoms with Gasteiger partial charge in [0.05, 0.1) is 18.1 Å². The van der Waals surface area contributed by atoms with Crippen molar-refractivity contribution in [2.75, 3.05) is 19.7 Å². The molecule has 0 aromatic carbocycles. The summed E-state index contributed by atoms with van der Waals surface area (Å²) in [6.07, 6.45) is 2.84. The Balaban J connectivity index is 2.34. The quantitative estimate of drug-likeness (QED) is 0.398. The third-order valence-corrected chi connectivity index (χ3v) is 4.08. The van der Waals surface area contributed by atoms with Gasteiger partial charge in [-0.2, -0.15) is 0 Å². The standard InChI is InChI=1S/C16H24N3O5Si/c1-4-11(24-10-16(2,3)15(23)18-25)9-17-12(20)7-8-19-13(21)5-6-14(19)22/h5-6,11H,4,7-10H2,1-3H3,(H,17,20)(H,18,23). The molecule has 0 spiro atoms. The minimum atomic E-state index is -0.706. The van der Waals surface area contributed by atoms with E-state index in [0.29, 0.717) is 13.0 Å². The van der Waals surface area contributed by atoms with Crippen molar-refractivity contribution >= 4 is 34.0 Å². The Morgan fingerprint density at radius 3 is 2.40 bits per heavy atom. The number of carbonyl (C=O) groups excluding carboxylic acids is 4. The summed E-state index contributed by atoms with van der Waals surface area (Å²) in [6.45, 7) is 5.98. The third kappa shape index (κ3) is 6.43. The fourth-order valence-electron chi connectivity index (χ4n) is 2.06. The zero-order valence-electron chi connectivity index (χ0n) is 14.8. The van der Waals surface area contributed by atoms with Gasteiger partial charge >= 0.3 is 0 Å². The highest BCUT2D eigenvalue weighted by Crippen LogP contribution is 2.17. The molecule has 0 fully saturated rings. The summed E-state index contributed by atoms with van der Waals surface area (Å²) < 4.78 is 5.72. The number of ether oxygens (including phenoxy) is 1. The average Bonchev–Trinajstić information content (AvgIpc) is 2.90. The van der Waals surface area contributed by atoms with Gasteiger partial charge in [-0.25, -0.2) is 0 Å². The van der Waals surface area contributed by atoms with Gasteiger partial charge in [-0.3, -0.25) is 24.1 Å². The molecule has 1 unspecified atom stereocenters. The van der Waals surface area contributed by atoms with E-state index in [4.69, 9.17) is 4.74 Å². The molecule has 9 heteroatoms. The van der Waals surface area contributed by atoms with Crippen LogP contribution in [0.2, 0.25) is 0 Å². The van der Waals surface area contributed by atoms with E-state index in [-0.39, 0.29) is 37.5 Å². The molecular weight excluding hydrogens is 342 g/mol. The molecule has 137 valence electrons. The first-order chi connectivity index (χ1) is 11.7. The number of hydrogen-bond donors (Lipinski definition) is 2. The summed E-state index contributed by atoms with van der Waals surface area (Å²) in [5.41, 5.74) is -0.706. The average molecular weight is 366 g/mol. The summed E-state index contributed by atoms with van der Waals surface area (Å²) >= 11 is 0. The number of imide groups is 1. The van der Waals surface area contributed by atoms with Gasteiger partial charge in [0.2, 0.25) is 11.8 Å². The molecule has 1 aliphatic rings. The van der Waals surface area contributed by atoms with Crippen LogP contribution in [0.4, 0.5) is 0 Å². The second-order valence-corrected chi connectivity index (χ2v) is 6.64. The molecule has 0 aromatic rings. The topological polar surface area (TPSA) is 105 Å². The summed E-state index contributed by atoms with van der Waals surface area (Å²) in [5, 5.41) is 2.72. The highest BCUT2D eigenvalue weighted by molar-refractivity contribution is 6.15. The molecule has 1 heterocycles. The SMILES string of the molecule is CCC(CNC(=O)CCN1C(=O)C=CC1=O)OCC(C)(C)C(=O)N[Si]. The molecule has 0 aromatic heterocycles. The van der Waals surface area contributed by atoms with Crippen molar-refractivity contribution in [3.05, 3.63) is 12.2 Å². The first-order valence-electron chi connectivity index (χ1n) is 8.10. The maximum Gasteiger partial charge on any atom is 0.253 e. The van der Waals surface area contributed by atoms with E-state index >= 15 is 0 Å². The summed E-state index contributed by atoms with van der Waals surface area (Å²) in [4.78, 5) is 49.8.